The fourth-order valence-electron chi connectivity index (χ4n) is 2.06. The van der Waals surface area contributed by atoms with Crippen molar-refractivity contribution in [1.29, 1.82) is 0 Å². The number of methoxy groups -OCH3 is 1. The summed E-state index contributed by atoms with van der Waals surface area (Å²) in [7, 11) is 3.79. The lowest BCUT2D eigenvalue weighted by Gasteiger charge is -2.20. The summed E-state index contributed by atoms with van der Waals surface area (Å²) in [6.07, 6.45) is 3.82. The van der Waals surface area contributed by atoms with Gasteiger partial charge in [0.1, 0.15) is 5.82 Å². The minimum Gasteiger partial charge on any atom is -0.385 e. The quantitative estimate of drug-likeness (QED) is 0.750. The van der Waals surface area contributed by atoms with Gasteiger partial charge in [0.2, 0.25) is 0 Å². The van der Waals surface area contributed by atoms with E-state index in [0.29, 0.717) is 0 Å². The van der Waals surface area contributed by atoms with E-state index in [2.05, 4.69) is 29.9 Å². The Balaban J connectivity index is 2.66. The van der Waals surface area contributed by atoms with Crippen molar-refractivity contribution in [2.75, 3.05) is 32.2 Å². The Bertz CT molecular complexity index is 366. The van der Waals surface area contributed by atoms with Crippen molar-refractivity contribution >= 4 is 5.82 Å². The highest BCUT2D eigenvalue weighted by Gasteiger charge is 2.07. The summed E-state index contributed by atoms with van der Waals surface area (Å²) in [5.74, 6) is 1.04. The smallest absolute Gasteiger partial charge is 0.131 e. The number of aryl methyl sites for hydroxylation is 1. The van der Waals surface area contributed by atoms with Crippen molar-refractivity contribution in [3.63, 3.8) is 0 Å². The second kappa shape index (κ2) is 7.34. The van der Waals surface area contributed by atoms with E-state index >= 15 is 0 Å². The summed E-state index contributed by atoms with van der Waals surface area (Å²) in [5, 5.41) is 0. The summed E-state index contributed by atoms with van der Waals surface area (Å²) in [4.78, 5) is 6.71. The van der Waals surface area contributed by atoms with Crippen LogP contribution in [0.25, 0.3) is 0 Å². The Labute approximate surface area is 110 Å². The van der Waals surface area contributed by atoms with Crippen molar-refractivity contribution in [3.8, 4) is 0 Å². The zero-order valence-electron chi connectivity index (χ0n) is 11.9. The maximum Gasteiger partial charge on any atom is 0.131 e. The number of rotatable bonds is 7. The molecule has 0 aliphatic carbocycles. The third-order valence-corrected chi connectivity index (χ3v) is 2.87. The molecule has 0 amide bonds. The van der Waals surface area contributed by atoms with Gasteiger partial charge in [-0.25, -0.2) is 4.98 Å². The number of nitrogens with zero attached hydrogens (tertiary/aromatic N) is 2. The third-order valence-electron chi connectivity index (χ3n) is 2.87. The van der Waals surface area contributed by atoms with Crippen molar-refractivity contribution in [2.24, 2.45) is 5.73 Å². The number of hydrogen-bond acceptors (Lipinski definition) is 4. The highest BCUT2D eigenvalue weighted by Crippen LogP contribution is 2.17. The van der Waals surface area contributed by atoms with Gasteiger partial charge in [-0.1, -0.05) is 6.07 Å². The number of ether oxygens (including phenoxy) is 1. The summed E-state index contributed by atoms with van der Waals surface area (Å²) in [6, 6.07) is 2.36. The molecule has 2 N–H and O–H groups in total. The second-order valence-corrected chi connectivity index (χ2v) is 4.93. The van der Waals surface area contributed by atoms with Crippen LogP contribution in [-0.2, 0) is 11.2 Å². The topological polar surface area (TPSA) is 51.4 Å². The van der Waals surface area contributed by atoms with E-state index in [4.69, 9.17) is 10.5 Å². The number of hydrogen-bond donors (Lipinski definition) is 1. The van der Waals surface area contributed by atoms with Crippen molar-refractivity contribution in [2.45, 2.75) is 32.7 Å². The van der Waals surface area contributed by atoms with E-state index in [1.165, 1.54) is 11.1 Å². The first kappa shape index (κ1) is 14.9. The lowest BCUT2D eigenvalue weighted by molar-refractivity contribution is 0.196. The van der Waals surface area contributed by atoms with E-state index in [0.717, 1.165) is 31.8 Å². The maximum absolute atomic E-state index is 5.80. The molecule has 1 heterocycles. The minimum atomic E-state index is 0.177. The van der Waals surface area contributed by atoms with Crippen LogP contribution in [0.1, 0.15) is 24.5 Å². The van der Waals surface area contributed by atoms with Gasteiger partial charge in [-0.05, 0) is 37.8 Å². The molecule has 0 fully saturated rings. The van der Waals surface area contributed by atoms with Gasteiger partial charge in [-0.2, -0.15) is 0 Å². The number of anilines is 1. The van der Waals surface area contributed by atoms with Crippen LogP contribution in [0, 0.1) is 6.92 Å². The molecule has 0 radical (unpaired) electrons. The normalized spacial score (nSPS) is 12.5. The lowest BCUT2D eigenvalue weighted by atomic mass is 10.1. The van der Waals surface area contributed by atoms with Gasteiger partial charge in [0, 0.05) is 39.5 Å². The van der Waals surface area contributed by atoms with Gasteiger partial charge in [-0.15, -0.1) is 0 Å². The number of pyridine rings is 1. The zero-order chi connectivity index (χ0) is 13.5. The Morgan fingerprint density at radius 1 is 1.50 bits per heavy atom. The molecule has 0 bridgehead atoms. The molecule has 0 aromatic carbocycles. The van der Waals surface area contributed by atoms with Gasteiger partial charge in [0.15, 0.2) is 0 Å². The van der Waals surface area contributed by atoms with Crippen LogP contribution in [0.4, 0.5) is 5.82 Å². The fourth-order valence-corrected chi connectivity index (χ4v) is 2.06. The monoisotopic (exact) mass is 251 g/mol. The summed E-state index contributed by atoms with van der Waals surface area (Å²) in [6.45, 7) is 5.85. The van der Waals surface area contributed by atoms with Gasteiger partial charge in [-0.3, -0.25) is 0 Å². The van der Waals surface area contributed by atoms with Crippen molar-refractivity contribution in [1.82, 2.24) is 4.98 Å². The molecule has 0 aliphatic rings. The molecule has 102 valence electrons. The minimum absolute atomic E-state index is 0.177. The molecule has 1 aromatic heterocycles. The molecule has 1 aromatic rings. The number of aromatic nitrogens is 1. The van der Waals surface area contributed by atoms with E-state index in [-0.39, 0.29) is 6.04 Å². The van der Waals surface area contributed by atoms with E-state index in [1.807, 2.05) is 13.1 Å². The molecule has 4 heteroatoms. The molecule has 18 heavy (non-hydrogen) atoms. The Morgan fingerprint density at radius 3 is 2.78 bits per heavy atom. The number of nitrogens with two attached hydrogens (primary N) is 1. The van der Waals surface area contributed by atoms with Crippen LogP contribution in [0.15, 0.2) is 12.3 Å². The first-order chi connectivity index (χ1) is 8.54. The SMILES string of the molecule is COCCCN(C)c1ncc(CC(C)N)cc1C. The average molecular weight is 251 g/mol. The van der Waals surface area contributed by atoms with Gasteiger partial charge >= 0.3 is 0 Å². The average Bonchev–Trinajstić information content (AvgIpc) is 2.28. The predicted octanol–water partition coefficient (Wildman–Crippen LogP) is 1.75. The van der Waals surface area contributed by atoms with Gasteiger partial charge < -0.3 is 15.4 Å². The largest absolute Gasteiger partial charge is 0.385 e. The van der Waals surface area contributed by atoms with E-state index < -0.39 is 0 Å². The molecule has 0 saturated carbocycles. The van der Waals surface area contributed by atoms with Gasteiger partial charge in [0.05, 0.1) is 0 Å². The fraction of sp³-hybridized carbons (Fsp3) is 0.643. The standard InChI is InChI=1S/C14H25N3O/c1-11-8-13(9-12(2)15)10-16-14(11)17(3)6-5-7-18-4/h8,10,12H,5-7,9,15H2,1-4H3. The van der Waals surface area contributed by atoms with Crippen molar-refractivity contribution in [3.05, 3.63) is 23.4 Å². The molecule has 0 saturated heterocycles. The molecule has 1 rings (SSSR count). The molecule has 1 atom stereocenters. The summed E-state index contributed by atoms with van der Waals surface area (Å²) >= 11 is 0. The molecule has 0 spiro atoms. The van der Waals surface area contributed by atoms with Crippen LogP contribution in [0.3, 0.4) is 0 Å². The predicted molar refractivity (Wildman–Crippen MR) is 76.1 cm³/mol. The maximum atomic E-state index is 5.80. The second-order valence-electron chi connectivity index (χ2n) is 4.93. The third kappa shape index (κ3) is 4.63. The zero-order valence-corrected chi connectivity index (χ0v) is 11.9. The Hall–Kier alpha value is -1.13. The van der Waals surface area contributed by atoms with Crippen LogP contribution >= 0.6 is 0 Å². The Kier molecular flexibility index (Phi) is 6.09. The van der Waals surface area contributed by atoms with Crippen LogP contribution in [-0.4, -0.2) is 38.3 Å². The Morgan fingerprint density at radius 2 is 2.22 bits per heavy atom. The molecule has 4 nitrogen and oxygen atoms in total. The molecular formula is C14H25N3O. The molecule has 1 unspecified atom stereocenters. The van der Waals surface area contributed by atoms with E-state index in [9.17, 15) is 0 Å². The molecular weight excluding hydrogens is 226 g/mol. The van der Waals surface area contributed by atoms with E-state index in [1.54, 1.807) is 7.11 Å². The molecule has 0 aliphatic heterocycles. The lowest BCUT2D eigenvalue weighted by Crippen LogP contribution is -2.22. The van der Waals surface area contributed by atoms with Crippen LogP contribution in [0.2, 0.25) is 0 Å². The van der Waals surface area contributed by atoms with Crippen LogP contribution in [0.5, 0.6) is 0 Å². The van der Waals surface area contributed by atoms with Crippen molar-refractivity contribution < 1.29 is 4.74 Å². The van der Waals surface area contributed by atoms with Crippen LogP contribution < -0.4 is 10.6 Å². The highest BCUT2D eigenvalue weighted by molar-refractivity contribution is 5.46. The highest BCUT2D eigenvalue weighted by atomic mass is 16.5. The first-order valence-corrected chi connectivity index (χ1v) is 6.45. The summed E-state index contributed by atoms with van der Waals surface area (Å²) < 4.78 is 5.06. The first-order valence-electron chi connectivity index (χ1n) is 6.45. The van der Waals surface area contributed by atoms with Gasteiger partial charge in [0.25, 0.3) is 0 Å². The summed E-state index contributed by atoms with van der Waals surface area (Å²) in [5.41, 5.74) is 8.21.